The van der Waals surface area contributed by atoms with Crippen LogP contribution < -0.4 is 10.2 Å². The van der Waals surface area contributed by atoms with Gasteiger partial charge in [0.05, 0.1) is 4.92 Å². The molecule has 17 heavy (non-hydrogen) atoms. The van der Waals surface area contributed by atoms with Gasteiger partial charge in [0.2, 0.25) is 5.82 Å². The Bertz CT molecular complexity index is 416. The summed E-state index contributed by atoms with van der Waals surface area (Å²) in [6, 6.07) is 3.18. The maximum Gasteiger partial charge on any atom is 0.311 e. The van der Waals surface area contributed by atoms with E-state index in [1.54, 1.807) is 6.07 Å². The molecule has 0 bridgehead atoms. The smallest absolute Gasteiger partial charge is 0.311 e. The lowest BCUT2D eigenvalue weighted by molar-refractivity contribution is -0.384. The van der Waals surface area contributed by atoms with Gasteiger partial charge in [-0.3, -0.25) is 10.1 Å². The molecule has 0 atom stereocenters. The number of nitrogens with one attached hydrogen (secondary N) is 1. The Morgan fingerprint density at radius 1 is 1.47 bits per heavy atom. The summed E-state index contributed by atoms with van der Waals surface area (Å²) < 4.78 is 0. The molecule has 2 heterocycles. The molecule has 1 aliphatic rings. The Labute approximate surface area is 99.8 Å². The molecule has 1 aromatic heterocycles. The summed E-state index contributed by atoms with van der Waals surface area (Å²) in [6.45, 7) is 4.43. The van der Waals surface area contributed by atoms with E-state index >= 15 is 0 Å². The molecule has 1 aliphatic heterocycles. The molecule has 0 radical (unpaired) electrons. The molecule has 0 spiro atoms. The monoisotopic (exact) mass is 236 g/mol. The first-order valence-corrected chi connectivity index (χ1v) is 5.86. The molecule has 0 aromatic carbocycles. The van der Waals surface area contributed by atoms with Crippen molar-refractivity contribution in [2.75, 3.05) is 29.9 Å². The second-order valence-corrected chi connectivity index (χ2v) is 4.02. The highest BCUT2D eigenvalue weighted by Crippen LogP contribution is 2.29. The van der Waals surface area contributed by atoms with Gasteiger partial charge in [0, 0.05) is 25.7 Å². The van der Waals surface area contributed by atoms with Crippen molar-refractivity contribution in [2.24, 2.45) is 0 Å². The van der Waals surface area contributed by atoms with Gasteiger partial charge < -0.3 is 10.2 Å². The van der Waals surface area contributed by atoms with Crippen LogP contribution in [0.1, 0.15) is 19.8 Å². The van der Waals surface area contributed by atoms with Crippen LogP contribution in [-0.4, -0.2) is 29.5 Å². The summed E-state index contributed by atoms with van der Waals surface area (Å²) in [7, 11) is 0. The fourth-order valence-corrected chi connectivity index (χ4v) is 2.02. The van der Waals surface area contributed by atoms with E-state index in [0.717, 1.165) is 32.5 Å². The van der Waals surface area contributed by atoms with Gasteiger partial charge in [0.15, 0.2) is 0 Å². The van der Waals surface area contributed by atoms with Gasteiger partial charge in [-0.1, -0.05) is 0 Å². The van der Waals surface area contributed by atoms with E-state index in [0.29, 0.717) is 11.6 Å². The average Bonchev–Trinajstić information content (AvgIpc) is 2.82. The number of aromatic nitrogens is 1. The van der Waals surface area contributed by atoms with Crippen LogP contribution in [-0.2, 0) is 0 Å². The molecule has 0 amide bonds. The highest BCUT2D eigenvalue weighted by atomic mass is 16.6. The third kappa shape index (κ3) is 2.46. The minimum atomic E-state index is -0.365. The number of hydrogen-bond acceptors (Lipinski definition) is 5. The van der Waals surface area contributed by atoms with Crippen LogP contribution in [0.15, 0.2) is 12.1 Å². The summed E-state index contributed by atoms with van der Waals surface area (Å²) in [5.41, 5.74) is 0.0913. The van der Waals surface area contributed by atoms with E-state index in [2.05, 4.69) is 10.3 Å². The van der Waals surface area contributed by atoms with E-state index in [1.165, 1.54) is 6.07 Å². The molecule has 1 fully saturated rings. The van der Waals surface area contributed by atoms with Gasteiger partial charge in [-0.25, -0.2) is 4.98 Å². The minimum Gasteiger partial charge on any atom is -0.370 e. The highest BCUT2D eigenvalue weighted by molar-refractivity contribution is 5.62. The van der Waals surface area contributed by atoms with Crippen molar-refractivity contribution in [1.29, 1.82) is 0 Å². The van der Waals surface area contributed by atoms with Crippen molar-refractivity contribution in [2.45, 2.75) is 19.8 Å². The Kier molecular flexibility index (Phi) is 3.41. The van der Waals surface area contributed by atoms with E-state index in [-0.39, 0.29) is 10.6 Å². The predicted octanol–water partition coefficient (Wildman–Crippen LogP) is 2.02. The summed E-state index contributed by atoms with van der Waals surface area (Å²) >= 11 is 0. The first kappa shape index (κ1) is 11.6. The van der Waals surface area contributed by atoms with Crippen LogP contribution in [0.5, 0.6) is 0 Å². The van der Waals surface area contributed by atoms with Crippen molar-refractivity contribution in [1.82, 2.24) is 4.98 Å². The van der Waals surface area contributed by atoms with E-state index in [4.69, 9.17) is 0 Å². The number of anilines is 2. The SMILES string of the molecule is CCNc1ccc([N+](=O)[O-])c(N2CCCC2)n1. The molecule has 0 unspecified atom stereocenters. The molecular weight excluding hydrogens is 220 g/mol. The van der Waals surface area contributed by atoms with Crippen molar-refractivity contribution in [3.8, 4) is 0 Å². The quantitative estimate of drug-likeness (QED) is 0.639. The molecule has 1 aromatic rings. The van der Waals surface area contributed by atoms with Gasteiger partial charge in [-0.15, -0.1) is 0 Å². The standard InChI is InChI=1S/C11H16N4O2/c1-2-12-10-6-5-9(15(16)17)11(13-10)14-7-3-4-8-14/h5-6H,2-4,7-8H2,1H3,(H,12,13). The first-order valence-electron chi connectivity index (χ1n) is 5.86. The molecular formula is C11H16N4O2. The highest BCUT2D eigenvalue weighted by Gasteiger charge is 2.23. The maximum atomic E-state index is 11.0. The van der Waals surface area contributed by atoms with Gasteiger partial charge in [0.1, 0.15) is 5.82 Å². The second-order valence-electron chi connectivity index (χ2n) is 4.02. The van der Waals surface area contributed by atoms with E-state index in [1.807, 2.05) is 11.8 Å². The largest absolute Gasteiger partial charge is 0.370 e. The molecule has 2 rings (SSSR count). The molecule has 0 aliphatic carbocycles. The van der Waals surface area contributed by atoms with Crippen molar-refractivity contribution >= 4 is 17.3 Å². The molecule has 1 saturated heterocycles. The summed E-state index contributed by atoms with van der Waals surface area (Å²) in [4.78, 5) is 16.9. The van der Waals surface area contributed by atoms with Crippen LogP contribution in [0.25, 0.3) is 0 Å². The van der Waals surface area contributed by atoms with Gasteiger partial charge in [0.25, 0.3) is 0 Å². The molecule has 92 valence electrons. The number of hydrogen-bond donors (Lipinski definition) is 1. The lowest BCUT2D eigenvalue weighted by Crippen LogP contribution is -2.20. The summed E-state index contributed by atoms with van der Waals surface area (Å²) in [5.74, 6) is 1.19. The van der Waals surface area contributed by atoms with Crippen LogP contribution in [0.2, 0.25) is 0 Å². The third-order valence-corrected chi connectivity index (χ3v) is 2.81. The van der Waals surface area contributed by atoms with E-state index < -0.39 is 0 Å². The zero-order chi connectivity index (χ0) is 12.3. The van der Waals surface area contributed by atoms with Gasteiger partial charge in [-0.2, -0.15) is 0 Å². The molecule has 6 heteroatoms. The topological polar surface area (TPSA) is 71.3 Å². The fourth-order valence-electron chi connectivity index (χ4n) is 2.02. The Hall–Kier alpha value is -1.85. The zero-order valence-electron chi connectivity index (χ0n) is 9.85. The molecule has 1 N–H and O–H groups in total. The van der Waals surface area contributed by atoms with Crippen molar-refractivity contribution < 1.29 is 4.92 Å². The van der Waals surface area contributed by atoms with Crippen LogP contribution in [0.4, 0.5) is 17.3 Å². The van der Waals surface area contributed by atoms with Crippen molar-refractivity contribution in [3.63, 3.8) is 0 Å². The molecule has 6 nitrogen and oxygen atoms in total. The molecule has 0 saturated carbocycles. The number of pyridine rings is 1. The first-order chi connectivity index (χ1) is 8.22. The van der Waals surface area contributed by atoms with Gasteiger partial charge in [-0.05, 0) is 25.8 Å². The summed E-state index contributed by atoms with van der Waals surface area (Å²) in [5, 5.41) is 14.0. The Balaban J connectivity index is 2.35. The summed E-state index contributed by atoms with van der Waals surface area (Å²) in [6.07, 6.45) is 2.15. The second kappa shape index (κ2) is 4.99. The average molecular weight is 236 g/mol. The predicted molar refractivity (Wildman–Crippen MR) is 66.5 cm³/mol. The van der Waals surface area contributed by atoms with E-state index in [9.17, 15) is 10.1 Å². The lowest BCUT2D eigenvalue weighted by Gasteiger charge is -2.17. The Morgan fingerprint density at radius 3 is 2.76 bits per heavy atom. The number of rotatable bonds is 4. The number of nitro groups is 1. The normalized spacial score (nSPS) is 15.0. The van der Waals surface area contributed by atoms with Crippen LogP contribution >= 0.6 is 0 Å². The van der Waals surface area contributed by atoms with Crippen molar-refractivity contribution in [3.05, 3.63) is 22.2 Å². The lowest BCUT2D eigenvalue weighted by atomic mass is 10.3. The third-order valence-electron chi connectivity index (χ3n) is 2.81. The van der Waals surface area contributed by atoms with Gasteiger partial charge >= 0.3 is 5.69 Å². The van der Waals surface area contributed by atoms with Crippen LogP contribution in [0.3, 0.4) is 0 Å². The fraction of sp³-hybridized carbons (Fsp3) is 0.545. The number of nitrogens with zero attached hydrogens (tertiary/aromatic N) is 3. The minimum absolute atomic E-state index is 0.0913. The zero-order valence-corrected chi connectivity index (χ0v) is 9.85. The maximum absolute atomic E-state index is 11.0. The Morgan fingerprint density at radius 2 is 2.18 bits per heavy atom. The van der Waals surface area contributed by atoms with Crippen LogP contribution in [0, 0.1) is 10.1 Å².